The molecule has 24 heavy (non-hydrogen) atoms. The lowest BCUT2D eigenvalue weighted by molar-refractivity contribution is -0.208. The van der Waals surface area contributed by atoms with Gasteiger partial charge in [0, 0.05) is 0 Å². The van der Waals surface area contributed by atoms with Crippen molar-refractivity contribution < 1.29 is 27.4 Å². The number of carbonyl (C=O) groups is 1. The van der Waals surface area contributed by atoms with Crippen LogP contribution in [0.4, 0.5) is 13.2 Å². The van der Waals surface area contributed by atoms with Crippen LogP contribution in [0.15, 0.2) is 24.3 Å². The summed E-state index contributed by atoms with van der Waals surface area (Å²) in [6.45, 7) is 9.43. The highest BCUT2D eigenvalue weighted by Gasteiger charge is 2.45. The van der Waals surface area contributed by atoms with Gasteiger partial charge in [0.1, 0.15) is 11.9 Å². The van der Waals surface area contributed by atoms with Crippen molar-refractivity contribution in [2.24, 2.45) is 5.41 Å². The highest BCUT2D eigenvalue weighted by atomic mass is 28.3. The van der Waals surface area contributed by atoms with Gasteiger partial charge in [-0.1, -0.05) is 51.2 Å². The molecule has 1 atom stereocenters. The summed E-state index contributed by atoms with van der Waals surface area (Å²) in [4.78, 5) is 11.3. The number of hydrogen-bond acceptors (Lipinski definition) is 3. The van der Waals surface area contributed by atoms with Crippen LogP contribution in [0.3, 0.4) is 0 Å². The molecule has 0 fully saturated rings. The van der Waals surface area contributed by atoms with E-state index in [1.54, 1.807) is 27.9 Å². The Morgan fingerprint density at radius 1 is 1.12 bits per heavy atom. The normalized spacial score (nSPS) is 14.2. The van der Waals surface area contributed by atoms with Gasteiger partial charge in [0.15, 0.2) is 0 Å². The summed E-state index contributed by atoms with van der Waals surface area (Å²) in [5.41, 5.74) is -0.586. The van der Waals surface area contributed by atoms with Gasteiger partial charge < -0.3 is 9.47 Å². The highest BCUT2D eigenvalue weighted by molar-refractivity contribution is 6.89. The van der Waals surface area contributed by atoms with Crippen molar-refractivity contribution in [3.8, 4) is 5.75 Å². The van der Waals surface area contributed by atoms with Crippen LogP contribution < -0.4 is 9.92 Å². The Labute approximate surface area is 142 Å². The van der Waals surface area contributed by atoms with Crippen LogP contribution in [0.1, 0.15) is 20.8 Å². The molecule has 0 heterocycles. The maximum Gasteiger partial charge on any atom is 0.490 e. The molecule has 1 aromatic rings. The topological polar surface area (TPSA) is 35.5 Å². The van der Waals surface area contributed by atoms with Crippen molar-refractivity contribution >= 4 is 19.2 Å². The van der Waals surface area contributed by atoms with Gasteiger partial charge in [-0.2, -0.15) is 13.2 Å². The number of benzene rings is 1. The van der Waals surface area contributed by atoms with Crippen LogP contribution in [0.2, 0.25) is 19.1 Å². The fourth-order valence-corrected chi connectivity index (χ4v) is 5.27. The predicted molar refractivity (Wildman–Crippen MR) is 90.3 cm³/mol. The van der Waals surface area contributed by atoms with Crippen LogP contribution in [-0.2, 0) is 9.53 Å². The molecule has 0 saturated heterocycles. The standard InChI is InChI=1S/C17H25F3O3Si/c1-16(2,3)14(23-15(21)17(18,19)20)11-24(5,6)13-9-7-12(22-4)8-10-13/h7-10,14H,11H2,1-6H3. The second kappa shape index (κ2) is 7.17. The van der Waals surface area contributed by atoms with Gasteiger partial charge in [-0.3, -0.25) is 0 Å². The van der Waals surface area contributed by atoms with Gasteiger partial charge in [0.25, 0.3) is 0 Å². The summed E-state index contributed by atoms with van der Waals surface area (Å²) >= 11 is 0. The van der Waals surface area contributed by atoms with E-state index in [1.807, 2.05) is 24.3 Å². The third-order valence-electron chi connectivity index (χ3n) is 4.01. The molecule has 1 aromatic carbocycles. The first kappa shape index (κ1) is 20.5. The molecule has 136 valence electrons. The van der Waals surface area contributed by atoms with Gasteiger partial charge >= 0.3 is 12.1 Å². The highest BCUT2D eigenvalue weighted by Crippen LogP contribution is 2.32. The molecular weight excluding hydrogens is 337 g/mol. The fraction of sp³-hybridized carbons (Fsp3) is 0.588. The maximum absolute atomic E-state index is 12.6. The van der Waals surface area contributed by atoms with Crippen molar-refractivity contribution in [2.75, 3.05) is 7.11 Å². The molecule has 0 amide bonds. The second-order valence-electron chi connectivity index (χ2n) is 7.57. The molecule has 0 spiro atoms. The van der Waals surface area contributed by atoms with Gasteiger partial charge in [-0.25, -0.2) is 4.79 Å². The fourth-order valence-electron chi connectivity index (χ4n) is 2.34. The quantitative estimate of drug-likeness (QED) is 0.584. The summed E-state index contributed by atoms with van der Waals surface area (Å²) in [6, 6.07) is 7.92. The minimum absolute atomic E-state index is 0.407. The molecule has 0 aromatic heterocycles. The van der Waals surface area contributed by atoms with Gasteiger partial charge in [-0.15, -0.1) is 0 Å². The second-order valence-corrected chi connectivity index (χ2v) is 12.3. The van der Waals surface area contributed by atoms with Crippen LogP contribution in [0.25, 0.3) is 0 Å². The number of halogens is 3. The minimum Gasteiger partial charge on any atom is -0.497 e. The molecular formula is C17H25F3O3Si. The largest absolute Gasteiger partial charge is 0.497 e. The number of esters is 1. The monoisotopic (exact) mass is 362 g/mol. The first-order valence-electron chi connectivity index (χ1n) is 7.70. The lowest BCUT2D eigenvalue weighted by atomic mass is 9.90. The Morgan fingerprint density at radius 3 is 2.00 bits per heavy atom. The Hall–Kier alpha value is -1.50. The van der Waals surface area contributed by atoms with Crippen molar-refractivity contribution in [3.63, 3.8) is 0 Å². The third kappa shape index (κ3) is 5.54. The van der Waals surface area contributed by atoms with E-state index in [0.717, 1.165) is 10.9 Å². The van der Waals surface area contributed by atoms with Crippen molar-refractivity contribution in [2.45, 2.75) is 52.2 Å². The van der Waals surface area contributed by atoms with Crippen LogP contribution >= 0.6 is 0 Å². The summed E-state index contributed by atoms with van der Waals surface area (Å²) in [5, 5.41) is 1.07. The van der Waals surface area contributed by atoms with Crippen LogP contribution in [-0.4, -0.2) is 33.4 Å². The summed E-state index contributed by atoms with van der Waals surface area (Å²) in [6.07, 6.45) is -5.79. The molecule has 0 radical (unpaired) electrons. The molecule has 0 aliphatic carbocycles. The first-order chi connectivity index (χ1) is 10.8. The molecule has 0 aliphatic heterocycles. The molecule has 7 heteroatoms. The maximum atomic E-state index is 12.6. The van der Waals surface area contributed by atoms with Crippen molar-refractivity contribution in [1.82, 2.24) is 0 Å². The summed E-state index contributed by atoms with van der Waals surface area (Å²) < 4.78 is 47.6. The third-order valence-corrected chi connectivity index (χ3v) is 7.30. The van der Waals surface area contributed by atoms with E-state index in [0.29, 0.717) is 6.04 Å². The lowest BCUT2D eigenvalue weighted by Crippen LogP contribution is -2.48. The molecule has 1 rings (SSSR count). The Kier molecular flexibility index (Phi) is 6.13. The van der Waals surface area contributed by atoms with E-state index in [1.165, 1.54) is 0 Å². The van der Waals surface area contributed by atoms with Gasteiger partial charge in [0.05, 0.1) is 15.2 Å². The van der Waals surface area contributed by atoms with E-state index >= 15 is 0 Å². The zero-order chi connectivity index (χ0) is 18.8. The summed E-state index contributed by atoms with van der Waals surface area (Å²) in [5.74, 6) is -1.40. The number of hydrogen-bond donors (Lipinski definition) is 0. The van der Waals surface area contributed by atoms with Crippen molar-refractivity contribution in [1.29, 1.82) is 0 Å². The molecule has 3 nitrogen and oxygen atoms in total. The molecule has 0 aliphatic rings. The Balaban J connectivity index is 3.01. The average molecular weight is 362 g/mol. The zero-order valence-corrected chi connectivity index (χ0v) is 16.0. The van der Waals surface area contributed by atoms with E-state index in [9.17, 15) is 18.0 Å². The zero-order valence-electron chi connectivity index (χ0n) is 15.0. The molecule has 0 bridgehead atoms. The molecule has 0 saturated carbocycles. The lowest BCUT2D eigenvalue weighted by Gasteiger charge is -2.36. The van der Waals surface area contributed by atoms with Crippen LogP contribution in [0, 0.1) is 5.41 Å². The van der Waals surface area contributed by atoms with Gasteiger partial charge in [0.2, 0.25) is 0 Å². The van der Waals surface area contributed by atoms with E-state index in [4.69, 9.17) is 9.47 Å². The average Bonchev–Trinajstić information content (AvgIpc) is 2.44. The smallest absolute Gasteiger partial charge is 0.490 e. The van der Waals surface area contributed by atoms with Crippen LogP contribution in [0.5, 0.6) is 5.75 Å². The van der Waals surface area contributed by atoms with E-state index in [-0.39, 0.29) is 0 Å². The van der Waals surface area contributed by atoms with Crippen molar-refractivity contribution in [3.05, 3.63) is 24.3 Å². The Morgan fingerprint density at radius 2 is 1.62 bits per heavy atom. The minimum atomic E-state index is -4.98. The number of carbonyl (C=O) groups excluding carboxylic acids is 1. The number of methoxy groups -OCH3 is 1. The predicted octanol–water partition coefficient (Wildman–Crippen LogP) is 4.13. The number of rotatable bonds is 5. The molecule has 1 unspecified atom stereocenters. The molecule has 0 N–H and O–H groups in total. The Bertz CT molecular complexity index is 560. The van der Waals surface area contributed by atoms with E-state index < -0.39 is 31.7 Å². The SMILES string of the molecule is COc1ccc([Si](C)(C)CC(OC(=O)C(F)(F)F)C(C)(C)C)cc1. The summed E-state index contributed by atoms with van der Waals surface area (Å²) in [7, 11) is -0.541. The van der Waals surface area contributed by atoms with E-state index in [2.05, 4.69) is 13.1 Å². The number of alkyl halides is 3. The van der Waals surface area contributed by atoms with Gasteiger partial charge in [-0.05, 0) is 23.6 Å². The first-order valence-corrected chi connectivity index (χ1v) is 10.9. The number of ether oxygens (including phenoxy) is 2.